The molecule has 5 nitrogen and oxygen atoms in total. The largest absolute Gasteiger partial charge is 0.311 e. The van der Waals surface area contributed by atoms with Gasteiger partial charge in [0.05, 0.1) is 11.3 Å². The van der Waals surface area contributed by atoms with Crippen LogP contribution in [0.3, 0.4) is 0 Å². The molecule has 1 aliphatic heterocycles. The van der Waals surface area contributed by atoms with Crippen LogP contribution in [0.5, 0.6) is 0 Å². The predicted molar refractivity (Wildman–Crippen MR) is 120 cm³/mol. The van der Waals surface area contributed by atoms with Crippen molar-refractivity contribution in [2.24, 2.45) is 0 Å². The van der Waals surface area contributed by atoms with Gasteiger partial charge in [-0.1, -0.05) is 60.3 Å². The van der Waals surface area contributed by atoms with Crippen molar-refractivity contribution < 1.29 is 9.18 Å². The van der Waals surface area contributed by atoms with E-state index in [1.165, 1.54) is 23.4 Å². The number of carbonyl (C=O) groups excluding carboxylic acids is 1. The Labute approximate surface area is 183 Å². The van der Waals surface area contributed by atoms with Gasteiger partial charge in [0, 0.05) is 17.9 Å². The van der Waals surface area contributed by atoms with Crippen LogP contribution in [-0.4, -0.2) is 33.0 Å². The van der Waals surface area contributed by atoms with Crippen molar-refractivity contribution in [1.82, 2.24) is 14.8 Å². The van der Waals surface area contributed by atoms with Gasteiger partial charge in [-0.3, -0.25) is 9.36 Å². The van der Waals surface area contributed by atoms with Crippen LogP contribution in [-0.2, 0) is 11.2 Å². The Morgan fingerprint density at radius 1 is 0.935 bits per heavy atom. The smallest absolute Gasteiger partial charge is 0.237 e. The molecule has 1 aromatic heterocycles. The van der Waals surface area contributed by atoms with Crippen LogP contribution in [0.15, 0.2) is 84.0 Å². The fourth-order valence-electron chi connectivity index (χ4n) is 3.79. The van der Waals surface area contributed by atoms with E-state index < -0.39 is 0 Å². The zero-order valence-corrected chi connectivity index (χ0v) is 17.4. The number of nitrogens with zero attached hydrogens (tertiary/aromatic N) is 4. The first-order valence-electron chi connectivity index (χ1n) is 9.99. The number of para-hydroxylation sites is 2. The molecule has 0 spiro atoms. The second-order valence-electron chi connectivity index (χ2n) is 7.17. The molecule has 0 N–H and O–H groups in total. The molecular weight excluding hydrogens is 411 g/mol. The minimum absolute atomic E-state index is 0.0185. The molecule has 3 aromatic carbocycles. The lowest BCUT2D eigenvalue weighted by molar-refractivity contribution is -0.116. The third-order valence-corrected chi connectivity index (χ3v) is 6.19. The number of amides is 1. The molecule has 0 aliphatic carbocycles. The number of halogens is 1. The summed E-state index contributed by atoms with van der Waals surface area (Å²) < 4.78 is 16.3. The molecule has 1 amide bonds. The summed E-state index contributed by atoms with van der Waals surface area (Å²) in [5, 5.41) is 9.10. The van der Waals surface area contributed by atoms with E-state index in [0.29, 0.717) is 23.1 Å². The van der Waals surface area contributed by atoms with Crippen LogP contribution >= 0.6 is 11.8 Å². The Morgan fingerprint density at radius 3 is 2.52 bits per heavy atom. The van der Waals surface area contributed by atoms with Crippen LogP contribution in [0.4, 0.5) is 10.1 Å². The van der Waals surface area contributed by atoms with E-state index in [9.17, 15) is 9.18 Å². The minimum Gasteiger partial charge on any atom is -0.311 e. The van der Waals surface area contributed by atoms with Gasteiger partial charge in [-0.2, -0.15) is 0 Å². The van der Waals surface area contributed by atoms with E-state index >= 15 is 0 Å². The van der Waals surface area contributed by atoms with E-state index in [2.05, 4.69) is 16.3 Å². The van der Waals surface area contributed by atoms with Crippen molar-refractivity contribution in [2.45, 2.75) is 11.6 Å². The first kappa shape index (κ1) is 19.5. The third kappa shape index (κ3) is 3.72. The summed E-state index contributed by atoms with van der Waals surface area (Å²) >= 11 is 1.31. The molecule has 5 rings (SSSR count). The second kappa shape index (κ2) is 8.35. The Morgan fingerprint density at radius 2 is 1.68 bits per heavy atom. The van der Waals surface area contributed by atoms with Crippen molar-refractivity contribution >= 4 is 23.4 Å². The number of thioether (sulfide) groups is 1. The summed E-state index contributed by atoms with van der Waals surface area (Å²) in [7, 11) is 0. The highest BCUT2D eigenvalue weighted by atomic mass is 32.2. The molecule has 0 radical (unpaired) electrons. The van der Waals surface area contributed by atoms with E-state index in [0.717, 1.165) is 17.8 Å². The van der Waals surface area contributed by atoms with Crippen molar-refractivity contribution in [2.75, 3.05) is 17.2 Å². The highest BCUT2D eigenvalue weighted by molar-refractivity contribution is 7.99. The summed E-state index contributed by atoms with van der Waals surface area (Å²) in [6.45, 7) is 0.685. The van der Waals surface area contributed by atoms with Crippen LogP contribution in [0.1, 0.15) is 5.56 Å². The number of rotatable bonds is 5. The molecule has 0 saturated heterocycles. The quantitative estimate of drug-likeness (QED) is 0.429. The van der Waals surface area contributed by atoms with Gasteiger partial charge in [-0.15, -0.1) is 10.2 Å². The molecule has 0 atom stereocenters. The highest BCUT2D eigenvalue weighted by Gasteiger charge is 2.25. The van der Waals surface area contributed by atoms with Gasteiger partial charge in [-0.25, -0.2) is 4.39 Å². The molecule has 0 bridgehead atoms. The Bertz CT molecular complexity index is 1240. The molecule has 4 aromatic rings. The van der Waals surface area contributed by atoms with Crippen LogP contribution in [0.2, 0.25) is 0 Å². The topological polar surface area (TPSA) is 51.0 Å². The fraction of sp³-hybridized carbons (Fsp3) is 0.125. The first-order valence-corrected chi connectivity index (χ1v) is 11.0. The molecule has 31 heavy (non-hydrogen) atoms. The minimum atomic E-state index is -0.367. The molecule has 0 fully saturated rings. The number of hydrogen-bond acceptors (Lipinski definition) is 4. The normalized spacial score (nSPS) is 12.7. The summed E-state index contributed by atoms with van der Waals surface area (Å²) in [5.41, 5.74) is 3.34. The number of benzene rings is 3. The van der Waals surface area contributed by atoms with Crippen molar-refractivity contribution in [3.05, 3.63) is 90.2 Å². The number of anilines is 1. The van der Waals surface area contributed by atoms with Crippen LogP contribution in [0, 0.1) is 5.82 Å². The summed E-state index contributed by atoms with van der Waals surface area (Å²) in [4.78, 5) is 14.8. The standard InChI is InChI=1S/C24H19FN4OS/c25-20-12-6-5-11-19(20)23-26-27-24(29(23)18-9-2-1-3-10-18)31-16-22(30)28-15-14-17-8-4-7-13-21(17)28/h1-13H,14-16H2. The Balaban J connectivity index is 1.45. The van der Waals surface area contributed by atoms with Gasteiger partial charge >= 0.3 is 0 Å². The number of hydrogen-bond donors (Lipinski definition) is 0. The number of aromatic nitrogens is 3. The maximum Gasteiger partial charge on any atom is 0.237 e. The number of carbonyl (C=O) groups is 1. The molecule has 0 unspecified atom stereocenters. The predicted octanol–water partition coefficient (Wildman–Crippen LogP) is 4.75. The van der Waals surface area contributed by atoms with Gasteiger partial charge in [-0.05, 0) is 42.3 Å². The van der Waals surface area contributed by atoms with E-state index in [1.54, 1.807) is 22.8 Å². The van der Waals surface area contributed by atoms with Gasteiger partial charge in [0.2, 0.25) is 5.91 Å². The maximum absolute atomic E-state index is 14.5. The molecule has 2 heterocycles. The maximum atomic E-state index is 14.5. The summed E-state index contributed by atoms with van der Waals surface area (Å²) in [6, 6.07) is 24.0. The van der Waals surface area contributed by atoms with E-state index in [-0.39, 0.29) is 17.5 Å². The van der Waals surface area contributed by atoms with Crippen LogP contribution in [0.25, 0.3) is 17.1 Å². The molecule has 7 heteroatoms. The average molecular weight is 431 g/mol. The van der Waals surface area contributed by atoms with E-state index in [1.807, 2.05) is 53.4 Å². The zero-order chi connectivity index (χ0) is 21.2. The highest BCUT2D eigenvalue weighted by Crippen LogP contribution is 2.31. The van der Waals surface area contributed by atoms with Crippen molar-refractivity contribution in [3.63, 3.8) is 0 Å². The summed E-state index contributed by atoms with van der Waals surface area (Å²) in [6.07, 6.45) is 0.865. The molecular formula is C24H19FN4OS. The zero-order valence-electron chi connectivity index (χ0n) is 16.6. The number of fused-ring (bicyclic) bond motifs is 1. The third-order valence-electron chi connectivity index (χ3n) is 5.28. The lowest BCUT2D eigenvalue weighted by atomic mass is 10.2. The van der Waals surface area contributed by atoms with Gasteiger partial charge in [0.15, 0.2) is 11.0 Å². The Hall–Kier alpha value is -3.45. The van der Waals surface area contributed by atoms with Gasteiger partial charge in [0.1, 0.15) is 5.82 Å². The lowest BCUT2D eigenvalue weighted by Crippen LogP contribution is -2.30. The van der Waals surface area contributed by atoms with E-state index in [4.69, 9.17) is 0 Å². The SMILES string of the molecule is O=C(CSc1nnc(-c2ccccc2F)n1-c1ccccc1)N1CCc2ccccc21. The summed E-state index contributed by atoms with van der Waals surface area (Å²) in [5.74, 6) is 0.278. The second-order valence-corrected chi connectivity index (χ2v) is 8.11. The molecule has 1 aliphatic rings. The van der Waals surface area contributed by atoms with Crippen molar-refractivity contribution in [3.8, 4) is 17.1 Å². The average Bonchev–Trinajstić information content (AvgIpc) is 3.43. The monoisotopic (exact) mass is 430 g/mol. The molecule has 0 saturated carbocycles. The lowest BCUT2D eigenvalue weighted by Gasteiger charge is -2.17. The first-order chi connectivity index (χ1) is 15.2. The fourth-order valence-corrected chi connectivity index (χ4v) is 4.62. The van der Waals surface area contributed by atoms with Crippen molar-refractivity contribution in [1.29, 1.82) is 0 Å². The molecule has 154 valence electrons. The van der Waals surface area contributed by atoms with Crippen LogP contribution < -0.4 is 4.90 Å². The Kier molecular flexibility index (Phi) is 5.26. The van der Waals surface area contributed by atoms with Gasteiger partial charge in [0.25, 0.3) is 0 Å². The van der Waals surface area contributed by atoms with Gasteiger partial charge < -0.3 is 4.90 Å².